The Labute approximate surface area is 232 Å². The van der Waals surface area contributed by atoms with E-state index < -0.39 is 5.25 Å². The van der Waals surface area contributed by atoms with Crippen LogP contribution in [0.3, 0.4) is 0 Å². The third-order valence-corrected chi connectivity index (χ3v) is 7.55. The number of nitrogens with zero attached hydrogens (tertiary/aromatic N) is 4. The lowest BCUT2D eigenvalue weighted by Gasteiger charge is -2.18. The number of ether oxygens (including phenoxy) is 2. The SMILES string of the molecule is COc1cc([C@@H](C[N+](=O)[O-])Sc2nnc(C)n2-c2ccc(C)cc2)cc(Br)c1OCc1cccc(Cl)c1. The Balaban J connectivity index is 1.65. The molecule has 0 saturated heterocycles. The van der Waals surface area contributed by atoms with Crippen molar-refractivity contribution >= 4 is 39.3 Å². The van der Waals surface area contributed by atoms with Gasteiger partial charge in [-0.05, 0) is 77.3 Å². The number of hydrogen-bond acceptors (Lipinski definition) is 7. The molecule has 1 atom stereocenters. The van der Waals surface area contributed by atoms with Crippen molar-refractivity contribution in [1.82, 2.24) is 14.8 Å². The normalized spacial score (nSPS) is 11.8. The number of rotatable bonds is 10. The maximum absolute atomic E-state index is 11.6. The van der Waals surface area contributed by atoms with Crippen molar-refractivity contribution in [1.29, 1.82) is 0 Å². The highest BCUT2D eigenvalue weighted by Crippen LogP contribution is 2.43. The van der Waals surface area contributed by atoms with E-state index in [0.717, 1.165) is 16.8 Å². The molecular formula is C26H24BrClN4O4S. The first-order valence-electron chi connectivity index (χ1n) is 11.3. The minimum absolute atomic E-state index is 0.279. The number of thioether (sulfide) groups is 1. The largest absolute Gasteiger partial charge is 0.493 e. The third kappa shape index (κ3) is 6.63. The van der Waals surface area contributed by atoms with Crippen molar-refractivity contribution in [2.75, 3.05) is 13.7 Å². The molecule has 0 spiro atoms. The van der Waals surface area contributed by atoms with E-state index in [1.54, 1.807) is 12.1 Å². The Kier molecular flexibility index (Phi) is 8.73. The Morgan fingerprint density at radius 3 is 2.57 bits per heavy atom. The van der Waals surface area contributed by atoms with Crippen LogP contribution in [0.5, 0.6) is 11.5 Å². The van der Waals surface area contributed by atoms with Gasteiger partial charge in [0.05, 0.1) is 11.6 Å². The molecule has 0 amide bonds. The topological polar surface area (TPSA) is 92.3 Å². The quantitative estimate of drug-likeness (QED) is 0.109. The zero-order valence-electron chi connectivity index (χ0n) is 20.4. The molecule has 3 aromatic carbocycles. The number of halogens is 2. The summed E-state index contributed by atoms with van der Waals surface area (Å²) < 4.78 is 14.1. The minimum atomic E-state index is -0.560. The molecule has 0 radical (unpaired) electrons. The number of aromatic nitrogens is 3. The van der Waals surface area contributed by atoms with Crippen molar-refractivity contribution in [3.63, 3.8) is 0 Å². The van der Waals surface area contributed by atoms with Gasteiger partial charge in [-0.1, -0.05) is 53.2 Å². The van der Waals surface area contributed by atoms with Crippen LogP contribution in [0.2, 0.25) is 5.02 Å². The van der Waals surface area contributed by atoms with Crippen LogP contribution in [0, 0.1) is 24.0 Å². The van der Waals surface area contributed by atoms with Crippen molar-refractivity contribution in [2.45, 2.75) is 30.9 Å². The van der Waals surface area contributed by atoms with Crippen LogP contribution in [-0.4, -0.2) is 33.3 Å². The molecule has 0 saturated carbocycles. The highest BCUT2D eigenvalue weighted by molar-refractivity contribution is 9.10. The molecule has 37 heavy (non-hydrogen) atoms. The van der Waals surface area contributed by atoms with E-state index in [-0.39, 0.29) is 18.1 Å². The fourth-order valence-electron chi connectivity index (χ4n) is 3.73. The van der Waals surface area contributed by atoms with Gasteiger partial charge in [0.1, 0.15) is 17.7 Å². The van der Waals surface area contributed by atoms with Crippen LogP contribution in [0.15, 0.2) is 70.3 Å². The molecule has 1 heterocycles. The molecule has 0 aliphatic heterocycles. The molecule has 0 unspecified atom stereocenters. The second-order valence-corrected chi connectivity index (χ2v) is 10.7. The van der Waals surface area contributed by atoms with Crippen molar-refractivity contribution in [3.05, 3.63) is 103 Å². The Hall–Kier alpha value is -3.08. The van der Waals surface area contributed by atoms with E-state index in [1.807, 2.05) is 66.9 Å². The lowest BCUT2D eigenvalue weighted by atomic mass is 10.1. The highest BCUT2D eigenvalue weighted by Gasteiger charge is 2.26. The minimum Gasteiger partial charge on any atom is -0.493 e. The number of benzene rings is 3. The summed E-state index contributed by atoms with van der Waals surface area (Å²) in [4.78, 5) is 11.3. The molecule has 0 aliphatic carbocycles. The molecule has 4 aromatic rings. The Morgan fingerprint density at radius 2 is 1.89 bits per heavy atom. The summed E-state index contributed by atoms with van der Waals surface area (Å²) in [5.74, 6) is 1.64. The van der Waals surface area contributed by atoms with Crippen LogP contribution in [-0.2, 0) is 6.61 Å². The predicted octanol–water partition coefficient (Wildman–Crippen LogP) is 7.00. The molecule has 0 fully saturated rings. The van der Waals surface area contributed by atoms with Crippen LogP contribution in [0.4, 0.5) is 0 Å². The standard InChI is InChI=1S/C26H24BrClN4O4S/c1-16-7-9-21(10-8-16)32-17(2)29-30-26(32)37-24(14-31(33)34)19-12-22(27)25(23(13-19)35-3)36-15-18-5-4-6-20(28)11-18/h4-13,24H,14-15H2,1-3H3/t24-/m1/s1. The zero-order valence-corrected chi connectivity index (χ0v) is 23.5. The van der Waals surface area contributed by atoms with Gasteiger partial charge < -0.3 is 9.47 Å². The monoisotopic (exact) mass is 602 g/mol. The number of aryl methyl sites for hydroxylation is 2. The average Bonchev–Trinajstić information content (AvgIpc) is 3.22. The maximum atomic E-state index is 11.6. The first-order chi connectivity index (χ1) is 17.7. The fraction of sp³-hybridized carbons (Fsp3) is 0.231. The van der Waals surface area contributed by atoms with Gasteiger partial charge >= 0.3 is 0 Å². The summed E-state index contributed by atoms with van der Waals surface area (Å²) in [6.07, 6.45) is 0. The second kappa shape index (κ2) is 12.0. The van der Waals surface area contributed by atoms with Crippen LogP contribution >= 0.6 is 39.3 Å². The summed E-state index contributed by atoms with van der Waals surface area (Å²) in [5.41, 5.74) is 3.61. The summed E-state index contributed by atoms with van der Waals surface area (Å²) in [6, 6.07) is 18.9. The van der Waals surface area contributed by atoms with Crippen LogP contribution in [0.1, 0.15) is 27.8 Å². The fourth-order valence-corrected chi connectivity index (χ4v) is 5.67. The first-order valence-corrected chi connectivity index (χ1v) is 13.3. The smallest absolute Gasteiger partial charge is 0.220 e. The Morgan fingerprint density at radius 1 is 1.14 bits per heavy atom. The van der Waals surface area contributed by atoms with Crippen LogP contribution in [0.25, 0.3) is 5.69 Å². The van der Waals surface area contributed by atoms with Crippen molar-refractivity contribution in [3.8, 4) is 17.2 Å². The van der Waals surface area contributed by atoms with Gasteiger partial charge in [-0.15, -0.1) is 10.2 Å². The summed E-state index contributed by atoms with van der Waals surface area (Å²) >= 11 is 10.9. The van der Waals surface area contributed by atoms with Gasteiger partial charge in [-0.3, -0.25) is 14.7 Å². The summed E-state index contributed by atoms with van der Waals surface area (Å²) in [7, 11) is 1.53. The van der Waals surface area contributed by atoms with Gasteiger partial charge in [0.25, 0.3) is 0 Å². The molecule has 8 nitrogen and oxygen atoms in total. The van der Waals surface area contributed by atoms with Gasteiger partial charge in [0.2, 0.25) is 6.54 Å². The Bertz CT molecular complexity index is 1410. The molecule has 1 aromatic heterocycles. The van der Waals surface area contributed by atoms with Gasteiger partial charge in [-0.25, -0.2) is 0 Å². The van der Waals surface area contributed by atoms with Crippen LogP contribution < -0.4 is 9.47 Å². The molecule has 0 bridgehead atoms. The molecule has 0 N–H and O–H groups in total. The van der Waals surface area contributed by atoms with Crippen molar-refractivity contribution in [2.24, 2.45) is 0 Å². The van der Waals surface area contributed by atoms with Gasteiger partial charge in [0.15, 0.2) is 16.7 Å². The van der Waals surface area contributed by atoms with E-state index in [4.69, 9.17) is 21.1 Å². The second-order valence-electron chi connectivity index (χ2n) is 8.28. The van der Waals surface area contributed by atoms with Gasteiger partial charge in [-0.2, -0.15) is 0 Å². The molecule has 11 heteroatoms. The molecule has 4 rings (SSSR count). The van der Waals surface area contributed by atoms with E-state index in [1.165, 1.54) is 18.9 Å². The average molecular weight is 604 g/mol. The molecule has 0 aliphatic rings. The van der Waals surface area contributed by atoms with Gasteiger partial charge in [0, 0.05) is 15.6 Å². The lowest BCUT2D eigenvalue weighted by Crippen LogP contribution is -2.12. The van der Waals surface area contributed by atoms with E-state index in [2.05, 4.69) is 26.1 Å². The predicted molar refractivity (Wildman–Crippen MR) is 148 cm³/mol. The lowest BCUT2D eigenvalue weighted by molar-refractivity contribution is -0.479. The highest BCUT2D eigenvalue weighted by atomic mass is 79.9. The van der Waals surface area contributed by atoms with Crippen molar-refractivity contribution < 1.29 is 14.4 Å². The number of nitro groups is 1. The first kappa shape index (κ1) is 27.0. The maximum Gasteiger partial charge on any atom is 0.220 e. The van der Waals surface area contributed by atoms with E-state index in [9.17, 15) is 10.1 Å². The van der Waals surface area contributed by atoms with E-state index >= 15 is 0 Å². The molecule has 192 valence electrons. The van der Waals surface area contributed by atoms with E-state index in [0.29, 0.717) is 37.5 Å². The molecular weight excluding hydrogens is 580 g/mol. The zero-order chi connectivity index (χ0) is 26.5. The summed E-state index contributed by atoms with van der Waals surface area (Å²) in [5, 5.41) is 20.8. The summed E-state index contributed by atoms with van der Waals surface area (Å²) in [6.45, 7) is 3.83. The number of methoxy groups -OCH3 is 1. The third-order valence-electron chi connectivity index (χ3n) is 5.55. The number of hydrogen-bond donors (Lipinski definition) is 0.